The van der Waals surface area contributed by atoms with E-state index in [1.54, 1.807) is 6.07 Å². The summed E-state index contributed by atoms with van der Waals surface area (Å²) in [4.78, 5) is 26.9. The van der Waals surface area contributed by atoms with Crippen molar-refractivity contribution in [1.82, 2.24) is 20.9 Å². The summed E-state index contributed by atoms with van der Waals surface area (Å²) in [7, 11) is 3.28. The van der Waals surface area contributed by atoms with Gasteiger partial charge in [0.2, 0.25) is 0 Å². The molecular weight excluding hydrogens is 499 g/mol. The molecule has 0 aromatic heterocycles. The Balaban J connectivity index is 1.22. The van der Waals surface area contributed by atoms with Crippen LogP contribution in [0.5, 0.6) is 0 Å². The third kappa shape index (κ3) is 6.51. The first-order valence-corrected chi connectivity index (χ1v) is 14.8. The number of carbonyl (C=O) groups is 2. The summed E-state index contributed by atoms with van der Waals surface area (Å²) >= 11 is 0. The Morgan fingerprint density at radius 1 is 1.21 bits per heavy atom. The van der Waals surface area contributed by atoms with E-state index in [1.165, 1.54) is 51.3 Å². The van der Waals surface area contributed by atoms with E-state index < -0.39 is 6.09 Å². The van der Waals surface area contributed by atoms with Gasteiger partial charge in [-0.2, -0.15) is 0 Å². The predicted molar refractivity (Wildman–Crippen MR) is 147 cm³/mol. The van der Waals surface area contributed by atoms with Gasteiger partial charge in [0.15, 0.2) is 0 Å². The zero-order chi connectivity index (χ0) is 27.4. The van der Waals surface area contributed by atoms with Gasteiger partial charge in [-0.1, -0.05) is 12.1 Å². The monoisotopic (exact) mass is 544 g/mol. The average molecular weight is 545 g/mol. The molecule has 6 rings (SSSR count). The van der Waals surface area contributed by atoms with Crippen LogP contribution >= 0.6 is 0 Å². The van der Waals surface area contributed by atoms with Crippen molar-refractivity contribution >= 4 is 12.1 Å². The van der Waals surface area contributed by atoms with Crippen LogP contribution < -0.4 is 16.0 Å². The summed E-state index contributed by atoms with van der Waals surface area (Å²) < 4.78 is 25.0. The van der Waals surface area contributed by atoms with Crippen LogP contribution in [0.25, 0.3) is 0 Å². The van der Waals surface area contributed by atoms with Crippen molar-refractivity contribution in [3.8, 4) is 0 Å². The second-order valence-electron chi connectivity index (χ2n) is 12.4. The van der Waals surface area contributed by atoms with Gasteiger partial charge in [0.1, 0.15) is 5.82 Å². The minimum atomic E-state index is -0.518. The number of nitrogens with zero attached hydrogens (tertiary/aromatic N) is 1. The lowest BCUT2D eigenvalue weighted by molar-refractivity contribution is -0.00887. The van der Waals surface area contributed by atoms with E-state index >= 15 is 0 Å². The Morgan fingerprint density at radius 2 is 2.00 bits per heavy atom. The molecule has 1 aromatic carbocycles. The molecular formula is C30H45FN4O4. The minimum absolute atomic E-state index is 0.0144. The highest BCUT2D eigenvalue weighted by molar-refractivity contribution is 5.74. The highest BCUT2D eigenvalue weighted by Crippen LogP contribution is 2.67. The topological polar surface area (TPSA) is 91.9 Å². The van der Waals surface area contributed by atoms with Gasteiger partial charge in [0.25, 0.3) is 0 Å². The summed E-state index contributed by atoms with van der Waals surface area (Å²) in [5.74, 6) is 2.35. The van der Waals surface area contributed by atoms with Crippen molar-refractivity contribution in [2.75, 3.05) is 46.9 Å². The molecule has 0 spiro atoms. The van der Waals surface area contributed by atoms with Gasteiger partial charge in [-0.05, 0) is 99.3 Å². The Bertz CT molecular complexity index is 995. The van der Waals surface area contributed by atoms with Gasteiger partial charge in [-0.25, -0.2) is 14.0 Å². The number of urea groups is 1. The fourth-order valence-electron chi connectivity index (χ4n) is 8.52. The van der Waals surface area contributed by atoms with E-state index in [9.17, 15) is 14.0 Å². The van der Waals surface area contributed by atoms with E-state index in [0.29, 0.717) is 18.5 Å². The van der Waals surface area contributed by atoms with Crippen LogP contribution in [-0.2, 0) is 9.47 Å². The zero-order valence-electron chi connectivity index (χ0n) is 23.4. The number of halogens is 1. The van der Waals surface area contributed by atoms with Gasteiger partial charge in [0, 0.05) is 38.1 Å². The van der Waals surface area contributed by atoms with E-state index in [4.69, 9.17) is 4.74 Å². The predicted octanol–water partition coefficient (Wildman–Crippen LogP) is 4.47. The first kappa shape index (κ1) is 28.1. The quantitative estimate of drug-likeness (QED) is 0.358. The summed E-state index contributed by atoms with van der Waals surface area (Å²) in [6.07, 6.45) is 8.79. The van der Waals surface area contributed by atoms with Crippen molar-refractivity contribution in [3.63, 3.8) is 0 Å². The van der Waals surface area contributed by atoms with Gasteiger partial charge in [-0.15, -0.1) is 0 Å². The maximum atomic E-state index is 14.1. The number of carbonyl (C=O) groups excluding carboxylic acids is 2. The van der Waals surface area contributed by atoms with Gasteiger partial charge in [0.05, 0.1) is 19.8 Å². The van der Waals surface area contributed by atoms with Crippen LogP contribution in [0.1, 0.15) is 63.0 Å². The molecule has 5 atom stereocenters. The Labute approximate surface area is 231 Å². The van der Waals surface area contributed by atoms with Crippen molar-refractivity contribution in [2.45, 2.75) is 63.5 Å². The zero-order valence-corrected chi connectivity index (χ0v) is 23.4. The molecule has 1 heterocycles. The van der Waals surface area contributed by atoms with Crippen LogP contribution in [0.2, 0.25) is 0 Å². The second-order valence-corrected chi connectivity index (χ2v) is 12.4. The van der Waals surface area contributed by atoms with Crippen molar-refractivity contribution in [2.24, 2.45) is 29.1 Å². The number of amides is 3. The lowest BCUT2D eigenvalue weighted by Crippen LogP contribution is -2.52. The van der Waals surface area contributed by atoms with Gasteiger partial charge < -0.3 is 30.3 Å². The standard InChI is InChI=1S/C30H45FN4O4/c1-32-18-26(17-30-15-20-11-21(16-30)13-24(30)12-20)34-28(36)35-9-4-6-23(19-35)27(22-5-3-7-25(31)14-22)39-10-8-33-29(37)38-2/h3,5,7,14,20-21,23-24,26-27,32H,4,6,8-13,15-19H2,1-2H3,(H,33,37)(H,34,36)/t20?,21?,23-,24?,26+,27+,30?/m1/s1. The second kappa shape index (κ2) is 12.4. The molecule has 3 amide bonds. The van der Waals surface area contributed by atoms with Crippen molar-refractivity contribution < 1.29 is 23.5 Å². The third-order valence-electron chi connectivity index (χ3n) is 9.79. The molecule has 8 nitrogen and oxygen atoms in total. The highest BCUT2D eigenvalue weighted by atomic mass is 19.1. The van der Waals surface area contributed by atoms with Gasteiger partial charge >= 0.3 is 12.1 Å². The first-order chi connectivity index (χ1) is 18.9. The minimum Gasteiger partial charge on any atom is -0.453 e. The van der Waals surface area contributed by atoms with E-state index in [0.717, 1.165) is 49.1 Å². The number of methoxy groups -OCH3 is 1. The smallest absolute Gasteiger partial charge is 0.406 e. The number of hydrogen-bond donors (Lipinski definition) is 3. The number of benzene rings is 1. The molecule has 4 saturated carbocycles. The van der Waals surface area contributed by atoms with Crippen LogP contribution in [0.15, 0.2) is 24.3 Å². The normalized spacial score (nSPS) is 30.7. The molecule has 9 heteroatoms. The van der Waals surface area contributed by atoms with E-state index in [-0.39, 0.29) is 43.1 Å². The van der Waals surface area contributed by atoms with Crippen LogP contribution in [0, 0.1) is 34.9 Å². The molecule has 5 fully saturated rings. The maximum Gasteiger partial charge on any atom is 0.406 e. The molecule has 1 aliphatic heterocycles. The number of piperidine rings is 1. The molecule has 1 aromatic rings. The van der Waals surface area contributed by atoms with Crippen LogP contribution in [0.4, 0.5) is 14.0 Å². The number of ether oxygens (including phenoxy) is 2. The summed E-state index contributed by atoms with van der Waals surface area (Å²) in [5, 5.41) is 9.33. The Kier molecular flexibility index (Phi) is 8.96. The fraction of sp³-hybridized carbons (Fsp3) is 0.733. The molecule has 2 unspecified atom stereocenters. The molecule has 0 radical (unpaired) electrons. The molecule has 5 aliphatic rings. The number of likely N-dealkylation sites (N-methyl/N-ethyl adjacent to an activating group) is 1. The van der Waals surface area contributed by atoms with E-state index in [1.807, 2.05) is 18.0 Å². The lowest BCUT2D eigenvalue weighted by atomic mass is 9.72. The molecule has 216 valence electrons. The molecule has 39 heavy (non-hydrogen) atoms. The molecule has 4 aliphatic carbocycles. The number of hydrogen-bond acceptors (Lipinski definition) is 5. The summed E-state index contributed by atoms with van der Waals surface area (Å²) in [5.41, 5.74) is 1.17. The third-order valence-corrected chi connectivity index (χ3v) is 9.79. The van der Waals surface area contributed by atoms with Gasteiger partial charge in [-0.3, -0.25) is 0 Å². The fourth-order valence-corrected chi connectivity index (χ4v) is 8.52. The Morgan fingerprint density at radius 3 is 2.72 bits per heavy atom. The van der Waals surface area contributed by atoms with Crippen molar-refractivity contribution in [3.05, 3.63) is 35.6 Å². The molecule has 4 bridgehead atoms. The van der Waals surface area contributed by atoms with Crippen molar-refractivity contribution in [1.29, 1.82) is 0 Å². The van der Waals surface area contributed by atoms with Crippen LogP contribution in [-0.4, -0.2) is 70.0 Å². The largest absolute Gasteiger partial charge is 0.453 e. The summed E-state index contributed by atoms with van der Waals surface area (Å²) in [6, 6.07) is 6.58. The molecule has 1 saturated heterocycles. The summed E-state index contributed by atoms with van der Waals surface area (Å²) in [6.45, 7) is 2.56. The maximum absolute atomic E-state index is 14.1. The number of alkyl carbamates (subject to hydrolysis) is 1. The Hall–Kier alpha value is -2.39. The number of rotatable bonds is 11. The average Bonchev–Trinajstić information content (AvgIpc) is 3.30. The van der Waals surface area contributed by atoms with Crippen LogP contribution in [0.3, 0.4) is 0 Å². The first-order valence-electron chi connectivity index (χ1n) is 14.8. The molecule has 3 N–H and O–H groups in total. The van der Waals surface area contributed by atoms with E-state index in [2.05, 4.69) is 20.7 Å². The number of nitrogens with one attached hydrogen (secondary N) is 3. The highest BCUT2D eigenvalue weighted by Gasteiger charge is 2.57. The lowest BCUT2D eigenvalue weighted by Gasteiger charge is -2.39. The number of likely N-dealkylation sites (tertiary alicyclic amines) is 1. The SMILES string of the molecule is CNC[C@H](CC12CC3CC(CC1C3)C2)NC(=O)N1CCC[C@@H]([C@@H](OCCNC(=O)OC)c2cccc(F)c2)C1.